The molecule has 31 heavy (non-hydrogen) atoms. The molecule has 1 aliphatic heterocycles. The summed E-state index contributed by atoms with van der Waals surface area (Å²) in [6.45, 7) is 6.87. The minimum absolute atomic E-state index is 0.202. The first-order valence-corrected chi connectivity index (χ1v) is 11.2. The standard InChI is InChI=1S/C23H22N4O2S2/c1-4-24-19-17(21(28)26-11-5-6-15(3)20(26)25-19)12-18-22(29)27(23(30)31-18)13-16-9-7-14(2)8-10-16/h5-12,24H,4,13H2,1-3H3/b18-12+. The Morgan fingerprint density at radius 3 is 2.61 bits per heavy atom. The summed E-state index contributed by atoms with van der Waals surface area (Å²) >= 11 is 6.67. The highest BCUT2D eigenvalue weighted by Crippen LogP contribution is 2.34. The van der Waals surface area contributed by atoms with Crippen molar-refractivity contribution >= 4 is 51.7 Å². The van der Waals surface area contributed by atoms with E-state index in [1.54, 1.807) is 17.2 Å². The number of thioether (sulfide) groups is 1. The molecule has 0 aliphatic carbocycles. The molecule has 1 aromatic carbocycles. The van der Waals surface area contributed by atoms with E-state index >= 15 is 0 Å². The highest BCUT2D eigenvalue weighted by atomic mass is 32.2. The Hall–Kier alpha value is -2.97. The van der Waals surface area contributed by atoms with Gasteiger partial charge in [0.2, 0.25) is 0 Å². The first-order valence-electron chi connectivity index (χ1n) is 9.95. The molecule has 1 saturated heterocycles. The van der Waals surface area contributed by atoms with Gasteiger partial charge in [-0.2, -0.15) is 0 Å². The number of rotatable bonds is 5. The molecule has 4 rings (SSSR count). The number of anilines is 1. The van der Waals surface area contributed by atoms with Crippen molar-refractivity contribution in [3.63, 3.8) is 0 Å². The number of carbonyl (C=O) groups excluding carboxylic acids is 1. The molecule has 0 saturated carbocycles. The van der Waals surface area contributed by atoms with Crippen molar-refractivity contribution in [2.45, 2.75) is 27.3 Å². The third kappa shape index (κ3) is 4.13. The normalized spacial score (nSPS) is 15.3. The monoisotopic (exact) mass is 450 g/mol. The highest BCUT2D eigenvalue weighted by Gasteiger charge is 2.32. The van der Waals surface area contributed by atoms with Crippen molar-refractivity contribution in [1.29, 1.82) is 0 Å². The van der Waals surface area contributed by atoms with Gasteiger partial charge in [-0.25, -0.2) is 4.98 Å². The lowest BCUT2D eigenvalue weighted by atomic mass is 10.1. The Bertz CT molecular complexity index is 1280. The second-order valence-electron chi connectivity index (χ2n) is 7.35. The van der Waals surface area contributed by atoms with Crippen LogP contribution in [0.15, 0.2) is 52.3 Å². The SMILES string of the molecule is CCNc1nc2c(C)cccn2c(=O)c1/C=C1/SC(=S)N(Cc2ccc(C)cc2)C1=O. The number of aryl methyl sites for hydroxylation is 2. The molecule has 6 nitrogen and oxygen atoms in total. The average Bonchev–Trinajstić information content (AvgIpc) is 3.00. The molecule has 1 amide bonds. The van der Waals surface area contributed by atoms with E-state index in [0.717, 1.165) is 16.7 Å². The van der Waals surface area contributed by atoms with E-state index in [1.165, 1.54) is 16.2 Å². The number of amides is 1. The maximum atomic E-state index is 13.2. The van der Waals surface area contributed by atoms with Crippen LogP contribution in [-0.2, 0) is 11.3 Å². The molecule has 0 spiro atoms. The number of fused-ring (bicyclic) bond motifs is 1. The third-order valence-electron chi connectivity index (χ3n) is 5.04. The van der Waals surface area contributed by atoms with Crippen LogP contribution in [0.4, 0.5) is 5.82 Å². The molecule has 1 aliphatic rings. The molecule has 2 aromatic heterocycles. The fourth-order valence-electron chi connectivity index (χ4n) is 3.39. The zero-order valence-electron chi connectivity index (χ0n) is 17.5. The van der Waals surface area contributed by atoms with Crippen LogP contribution in [0, 0.1) is 13.8 Å². The van der Waals surface area contributed by atoms with Gasteiger partial charge in [-0.3, -0.25) is 18.9 Å². The molecule has 8 heteroatoms. The van der Waals surface area contributed by atoms with E-state index in [0.29, 0.717) is 39.3 Å². The number of thiocarbonyl (C=S) groups is 1. The van der Waals surface area contributed by atoms with Crippen molar-refractivity contribution in [3.8, 4) is 0 Å². The third-order valence-corrected chi connectivity index (χ3v) is 6.42. The molecule has 158 valence electrons. The van der Waals surface area contributed by atoms with Crippen molar-refractivity contribution in [2.24, 2.45) is 0 Å². The van der Waals surface area contributed by atoms with E-state index in [9.17, 15) is 9.59 Å². The van der Waals surface area contributed by atoms with Gasteiger partial charge in [-0.05, 0) is 44.0 Å². The topological polar surface area (TPSA) is 66.7 Å². The second-order valence-corrected chi connectivity index (χ2v) is 9.02. The minimum Gasteiger partial charge on any atom is -0.370 e. The fourth-order valence-corrected chi connectivity index (χ4v) is 4.62. The number of carbonyl (C=O) groups is 1. The molecule has 0 bridgehead atoms. The Kier molecular flexibility index (Phi) is 5.93. The molecular formula is C23H22N4O2S2. The smallest absolute Gasteiger partial charge is 0.267 e. The lowest BCUT2D eigenvalue weighted by Gasteiger charge is -2.14. The molecule has 0 unspecified atom stereocenters. The van der Waals surface area contributed by atoms with Crippen LogP contribution >= 0.6 is 24.0 Å². The van der Waals surface area contributed by atoms with Crippen molar-refractivity contribution in [1.82, 2.24) is 14.3 Å². The summed E-state index contributed by atoms with van der Waals surface area (Å²) in [6.07, 6.45) is 3.30. The number of nitrogens with one attached hydrogen (secondary N) is 1. The van der Waals surface area contributed by atoms with E-state index in [-0.39, 0.29) is 11.5 Å². The lowest BCUT2D eigenvalue weighted by Crippen LogP contribution is -2.27. The summed E-state index contributed by atoms with van der Waals surface area (Å²) < 4.78 is 1.99. The maximum absolute atomic E-state index is 13.2. The Labute approximate surface area is 190 Å². The van der Waals surface area contributed by atoms with Crippen LogP contribution in [0.5, 0.6) is 0 Å². The molecule has 1 N–H and O–H groups in total. The van der Waals surface area contributed by atoms with Crippen LogP contribution in [-0.4, -0.2) is 31.1 Å². The van der Waals surface area contributed by atoms with Gasteiger partial charge < -0.3 is 5.32 Å². The van der Waals surface area contributed by atoms with Crippen LogP contribution in [0.1, 0.15) is 29.2 Å². The van der Waals surface area contributed by atoms with Crippen LogP contribution in [0.25, 0.3) is 11.7 Å². The number of nitrogens with zero attached hydrogens (tertiary/aromatic N) is 3. The summed E-state index contributed by atoms with van der Waals surface area (Å²) in [5.41, 5.74) is 3.76. The van der Waals surface area contributed by atoms with E-state index in [4.69, 9.17) is 12.2 Å². The quantitative estimate of drug-likeness (QED) is 0.465. The number of aromatic nitrogens is 2. The summed E-state index contributed by atoms with van der Waals surface area (Å²) in [6, 6.07) is 11.7. The Morgan fingerprint density at radius 2 is 1.90 bits per heavy atom. The van der Waals surface area contributed by atoms with Crippen molar-refractivity contribution in [3.05, 3.63) is 80.1 Å². The second kappa shape index (κ2) is 8.64. The molecule has 3 aromatic rings. The predicted octanol–water partition coefficient (Wildman–Crippen LogP) is 4.14. The first-order chi connectivity index (χ1) is 14.9. The molecular weight excluding hydrogens is 428 g/mol. The fraction of sp³-hybridized carbons (Fsp3) is 0.217. The Morgan fingerprint density at radius 1 is 1.16 bits per heavy atom. The van der Waals surface area contributed by atoms with E-state index < -0.39 is 0 Å². The van der Waals surface area contributed by atoms with E-state index in [2.05, 4.69) is 10.3 Å². The summed E-state index contributed by atoms with van der Waals surface area (Å²) in [5.74, 6) is 0.261. The van der Waals surface area contributed by atoms with Crippen molar-refractivity contribution < 1.29 is 4.79 Å². The van der Waals surface area contributed by atoms with Gasteiger partial charge in [0.05, 0.1) is 17.0 Å². The number of pyridine rings is 1. The minimum atomic E-state index is -0.228. The van der Waals surface area contributed by atoms with Crippen LogP contribution in [0.3, 0.4) is 0 Å². The summed E-state index contributed by atoms with van der Waals surface area (Å²) in [5, 5.41) is 3.16. The molecule has 3 heterocycles. The maximum Gasteiger partial charge on any atom is 0.267 e. The number of hydrogen-bond donors (Lipinski definition) is 1. The average molecular weight is 451 g/mol. The number of benzene rings is 1. The van der Waals surface area contributed by atoms with Gasteiger partial charge in [0.25, 0.3) is 11.5 Å². The van der Waals surface area contributed by atoms with Gasteiger partial charge in [0.15, 0.2) is 0 Å². The zero-order chi connectivity index (χ0) is 22.1. The predicted molar refractivity (Wildman–Crippen MR) is 130 cm³/mol. The first kappa shape index (κ1) is 21.3. The highest BCUT2D eigenvalue weighted by molar-refractivity contribution is 8.26. The van der Waals surface area contributed by atoms with Gasteiger partial charge in [0, 0.05) is 12.7 Å². The summed E-state index contributed by atoms with van der Waals surface area (Å²) in [4.78, 5) is 33.0. The molecule has 1 fully saturated rings. The van der Waals surface area contributed by atoms with Crippen molar-refractivity contribution in [2.75, 3.05) is 11.9 Å². The van der Waals surface area contributed by atoms with Gasteiger partial charge in [-0.15, -0.1) is 0 Å². The van der Waals surface area contributed by atoms with Crippen LogP contribution < -0.4 is 10.9 Å². The van der Waals surface area contributed by atoms with Gasteiger partial charge in [-0.1, -0.05) is 59.9 Å². The molecule has 0 atom stereocenters. The number of hydrogen-bond acceptors (Lipinski definition) is 6. The van der Waals surface area contributed by atoms with Crippen LogP contribution in [0.2, 0.25) is 0 Å². The molecule has 0 radical (unpaired) electrons. The lowest BCUT2D eigenvalue weighted by molar-refractivity contribution is -0.122. The van der Waals surface area contributed by atoms with Gasteiger partial charge in [0.1, 0.15) is 15.8 Å². The summed E-state index contributed by atoms with van der Waals surface area (Å²) in [7, 11) is 0. The van der Waals surface area contributed by atoms with E-state index in [1.807, 2.05) is 57.2 Å². The zero-order valence-corrected chi connectivity index (χ0v) is 19.1. The Balaban J connectivity index is 1.74. The van der Waals surface area contributed by atoms with Gasteiger partial charge >= 0.3 is 0 Å². The largest absolute Gasteiger partial charge is 0.370 e.